The van der Waals surface area contributed by atoms with Gasteiger partial charge in [0.2, 0.25) is 0 Å². The molecule has 0 aliphatic heterocycles. The molecule has 0 saturated heterocycles. The summed E-state index contributed by atoms with van der Waals surface area (Å²) in [5.74, 6) is -0.476. The monoisotopic (exact) mass is 276 g/mol. The summed E-state index contributed by atoms with van der Waals surface area (Å²) >= 11 is 1.60. The van der Waals surface area contributed by atoms with E-state index in [2.05, 4.69) is 12.1 Å². The second-order valence-corrected chi connectivity index (χ2v) is 6.80. The molecule has 1 aromatic carbocycles. The maximum atomic E-state index is 10.8. The van der Waals surface area contributed by atoms with Gasteiger partial charge >= 0.3 is 5.97 Å². The molecule has 1 atom stereocenters. The molecule has 2 nitrogen and oxygen atoms in total. The lowest BCUT2D eigenvalue weighted by molar-refractivity contribution is -0.133. The lowest BCUT2D eigenvalue weighted by atomic mass is 9.83. The fourth-order valence-electron chi connectivity index (χ4n) is 3.35. The van der Waals surface area contributed by atoms with Crippen molar-refractivity contribution in [2.24, 2.45) is 0 Å². The highest BCUT2D eigenvalue weighted by molar-refractivity contribution is 8.00. The van der Waals surface area contributed by atoms with Gasteiger partial charge in [-0.05, 0) is 67.2 Å². The maximum Gasteiger partial charge on any atom is 0.313 e. The topological polar surface area (TPSA) is 37.3 Å². The molecule has 19 heavy (non-hydrogen) atoms. The second-order valence-electron chi connectivity index (χ2n) is 5.61. The average molecular weight is 276 g/mol. The highest BCUT2D eigenvalue weighted by Crippen LogP contribution is 2.41. The number of hydrogen-bond acceptors (Lipinski definition) is 2. The number of benzene rings is 1. The lowest BCUT2D eigenvalue weighted by Gasteiger charge is -2.28. The molecule has 1 aromatic rings. The van der Waals surface area contributed by atoms with Crippen LogP contribution >= 0.6 is 11.8 Å². The summed E-state index contributed by atoms with van der Waals surface area (Å²) in [4.78, 5) is 10.8. The molecule has 0 radical (unpaired) electrons. The minimum atomic E-state index is -0.699. The van der Waals surface area contributed by atoms with E-state index in [0.717, 1.165) is 6.42 Å². The number of rotatable bonds is 3. The summed E-state index contributed by atoms with van der Waals surface area (Å²) in [7, 11) is 0. The largest absolute Gasteiger partial charge is 0.481 e. The van der Waals surface area contributed by atoms with Crippen molar-refractivity contribution in [1.82, 2.24) is 0 Å². The first kappa shape index (κ1) is 13.0. The Kier molecular flexibility index (Phi) is 3.83. The summed E-state index contributed by atoms with van der Waals surface area (Å²) in [6, 6.07) is 4.81. The Labute approximate surface area is 118 Å². The lowest BCUT2D eigenvalue weighted by Crippen LogP contribution is -2.13. The first-order valence-electron chi connectivity index (χ1n) is 7.22. The number of aryl methyl sites for hydroxylation is 3. The van der Waals surface area contributed by atoms with Gasteiger partial charge in [-0.15, -0.1) is 11.8 Å². The molecule has 1 unspecified atom stereocenters. The third-order valence-electron chi connectivity index (χ3n) is 4.27. The zero-order valence-corrected chi connectivity index (χ0v) is 12.0. The van der Waals surface area contributed by atoms with Gasteiger partial charge in [0.1, 0.15) is 0 Å². The number of aliphatic carboxylic acids is 1. The van der Waals surface area contributed by atoms with Gasteiger partial charge in [0.05, 0.1) is 5.75 Å². The van der Waals surface area contributed by atoms with Crippen LogP contribution in [0.25, 0.3) is 0 Å². The van der Waals surface area contributed by atoms with Gasteiger partial charge in [-0.1, -0.05) is 12.1 Å². The summed E-state index contributed by atoms with van der Waals surface area (Å²) in [5, 5.41) is 9.26. The molecular weight excluding hydrogens is 256 g/mol. The number of hydrogen-bond donors (Lipinski definition) is 1. The number of fused-ring (bicyclic) bond motifs is 2. The van der Waals surface area contributed by atoms with E-state index in [1.165, 1.54) is 55.2 Å². The predicted molar refractivity (Wildman–Crippen MR) is 78.9 cm³/mol. The van der Waals surface area contributed by atoms with Crippen molar-refractivity contribution in [2.75, 3.05) is 5.75 Å². The molecule has 0 fully saturated rings. The minimum absolute atomic E-state index is 0.223. The van der Waals surface area contributed by atoms with Crippen LogP contribution in [0.1, 0.15) is 53.2 Å². The Morgan fingerprint density at radius 1 is 1.11 bits per heavy atom. The molecule has 0 bridgehead atoms. The van der Waals surface area contributed by atoms with Gasteiger partial charge in [-0.3, -0.25) is 4.79 Å². The van der Waals surface area contributed by atoms with E-state index in [-0.39, 0.29) is 5.75 Å². The molecule has 3 heteroatoms. The van der Waals surface area contributed by atoms with Crippen molar-refractivity contribution in [3.63, 3.8) is 0 Å². The molecule has 0 saturated carbocycles. The molecule has 0 aromatic heterocycles. The quantitative estimate of drug-likeness (QED) is 0.913. The molecule has 0 amide bonds. The summed E-state index contributed by atoms with van der Waals surface area (Å²) in [5.41, 5.74) is 5.98. The molecule has 0 heterocycles. The van der Waals surface area contributed by atoms with E-state index in [1.807, 2.05) is 0 Å². The summed E-state index contributed by atoms with van der Waals surface area (Å²) in [6.45, 7) is 0. The van der Waals surface area contributed by atoms with Crippen LogP contribution in [0.3, 0.4) is 0 Å². The van der Waals surface area contributed by atoms with Crippen LogP contribution in [0.5, 0.6) is 0 Å². The second kappa shape index (κ2) is 5.58. The molecule has 2 aliphatic rings. The molecular formula is C16H20O2S. The van der Waals surface area contributed by atoms with E-state index in [4.69, 9.17) is 5.11 Å². The maximum absolute atomic E-state index is 10.8. The van der Waals surface area contributed by atoms with Crippen LogP contribution in [-0.2, 0) is 24.1 Å². The number of carboxylic acids is 1. The van der Waals surface area contributed by atoms with Crippen molar-refractivity contribution in [3.05, 3.63) is 34.4 Å². The summed E-state index contributed by atoms with van der Waals surface area (Å²) in [6.07, 6.45) is 8.57. The molecule has 102 valence electrons. The van der Waals surface area contributed by atoms with E-state index in [1.54, 1.807) is 17.3 Å². The highest BCUT2D eigenvalue weighted by atomic mass is 32.2. The van der Waals surface area contributed by atoms with Crippen molar-refractivity contribution in [2.45, 2.75) is 50.2 Å². The first-order valence-corrected chi connectivity index (χ1v) is 8.27. The van der Waals surface area contributed by atoms with E-state index in [0.29, 0.717) is 5.25 Å². The van der Waals surface area contributed by atoms with Gasteiger partial charge in [-0.2, -0.15) is 0 Å². The Balaban J connectivity index is 1.88. The third-order valence-corrected chi connectivity index (χ3v) is 5.58. The highest BCUT2D eigenvalue weighted by Gasteiger charge is 2.23. The van der Waals surface area contributed by atoms with E-state index < -0.39 is 5.97 Å². The van der Waals surface area contributed by atoms with Crippen LogP contribution in [0.4, 0.5) is 0 Å². The Hall–Kier alpha value is -0.960. The first-order chi connectivity index (χ1) is 9.24. The van der Waals surface area contributed by atoms with E-state index in [9.17, 15) is 4.79 Å². The zero-order valence-electron chi connectivity index (χ0n) is 11.2. The minimum Gasteiger partial charge on any atom is -0.481 e. The van der Waals surface area contributed by atoms with E-state index >= 15 is 0 Å². The number of carbonyl (C=O) groups is 1. The SMILES string of the molecule is O=C(O)CSC1CCCc2cc3c(cc21)CCCC3. The smallest absolute Gasteiger partial charge is 0.313 e. The molecule has 2 aliphatic carbocycles. The van der Waals surface area contributed by atoms with Crippen LogP contribution < -0.4 is 0 Å². The molecule has 0 spiro atoms. The zero-order chi connectivity index (χ0) is 13.2. The van der Waals surface area contributed by atoms with Crippen molar-refractivity contribution in [3.8, 4) is 0 Å². The number of carboxylic acid groups (broad SMARTS) is 1. The Morgan fingerprint density at radius 2 is 1.79 bits per heavy atom. The van der Waals surface area contributed by atoms with Gasteiger partial charge in [0.25, 0.3) is 0 Å². The number of thioether (sulfide) groups is 1. The van der Waals surface area contributed by atoms with Crippen LogP contribution in [0.15, 0.2) is 12.1 Å². The fourth-order valence-corrected chi connectivity index (χ4v) is 4.43. The van der Waals surface area contributed by atoms with Gasteiger partial charge in [0, 0.05) is 5.25 Å². The van der Waals surface area contributed by atoms with Gasteiger partial charge in [-0.25, -0.2) is 0 Å². The molecule has 1 N–H and O–H groups in total. The van der Waals surface area contributed by atoms with Crippen molar-refractivity contribution >= 4 is 17.7 Å². The van der Waals surface area contributed by atoms with Crippen LogP contribution in [-0.4, -0.2) is 16.8 Å². The van der Waals surface area contributed by atoms with Gasteiger partial charge in [0.15, 0.2) is 0 Å². The standard InChI is InChI=1S/C16H20O2S/c17-16(18)10-19-15-7-3-6-13-8-11-4-1-2-5-12(11)9-14(13)15/h8-9,15H,1-7,10H2,(H,17,18). The van der Waals surface area contributed by atoms with Crippen molar-refractivity contribution in [1.29, 1.82) is 0 Å². The Bertz CT molecular complexity index is 496. The van der Waals surface area contributed by atoms with Crippen molar-refractivity contribution < 1.29 is 9.90 Å². The summed E-state index contributed by atoms with van der Waals surface area (Å²) < 4.78 is 0. The Morgan fingerprint density at radius 3 is 2.53 bits per heavy atom. The van der Waals surface area contributed by atoms with Gasteiger partial charge < -0.3 is 5.11 Å². The third kappa shape index (κ3) is 2.81. The predicted octanol–water partition coefficient (Wildman–Crippen LogP) is 3.76. The normalized spacial score (nSPS) is 21.6. The fraction of sp³-hybridized carbons (Fsp3) is 0.562. The van der Waals surface area contributed by atoms with Crippen LogP contribution in [0, 0.1) is 0 Å². The molecule has 3 rings (SSSR count). The van der Waals surface area contributed by atoms with Crippen LogP contribution in [0.2, 0.25) is 0 Å². The average Bonchev–Trinajstić information content (AvgIpc) is 2.42.